The first-order valence-electron chi connectivity index (χ1n) is 11.4. The summed E-state index contributed by atoms with van der Waals surface area (Å²) < 4.78 is 0. The lowest BCUT2D eigenvalue weighted by atomic mass is 9.51. The molecule has 1 spiro atoms. The molecule has 4 atom stereocenters. The molecule has 3 saturated carbocycles. The summed E-state index contributed by atoms with van der Waals surface area (Å²) in [5, 5.41) is 10.2. The lowest BCUT2D eigenvalue weighted by molar-refractivity contribution is -0.139. The van der Waals surface area contributed by atoms with E-state index in [-0.39, 0.29) is 29.1 Å². The van der Waals surface area contributed by atoms with Gasteiger partial charge in [0.1, 0.15) is 5.66 Å². The van der Waals surface area contributed by atoms with Crippen LogP contribution in [0.15, 0.2) is 48.5 Å². The zero-order chi connectivity index (χ0) is 21.6. The fraction of sp³-hybridized carbons (Fsp3) is 0.462. The van der Waals surface area contributed by atoms with Gasteiger partial charge in [0.2, 0.25) is 5.91 Å². The number of benzene rings is 2. The maximum atomic E-state index is 13.2. The molecule has 2 aromatic rings. The maximum absolute atomic E-state index is 13.2. The summed E-state index contributed by atoms with van der Waals surface area (Å²) in [6.45, 7) is 4.98. The molecule has 1 heterocycles. The van der Waals surface area contributed by atoms with Gasteiger partial charge < -0.3 is 16.0 Å². The number of aryl methyl sites for hydroxylation is 1. The Bertz CT molecular complexity index is 1030. The predicted octanol–water partition coefficient (Wildman–Crippen LogP) is 4.03. The van der Waals surface area contributed by atoms with E-state index in [2.05, 4.69) is 54.1 Å². The average Bonchev–Trinajstić information content (AvgIpc) is 2.73. The number of amides is 2. The smallest absolute Gasteiger partial charge is 0.255 e. The maximum Gasteiger partial charge on any atom is 0.255 e. The molecule has 0 radical (unpaired) electrons. The number of para-hydroxylation sites is 1. The third-order valence-electron chi connectivity index (χ3n) is 7.78. The summed E-state index contributed by atoms with van der Waals surface area (Å²) in [4.78, 5) is 26.0. The highest BCUT2D eigenvalue weighted by molar-refractivity contribution is 6.02. The van der Waals surface area contributed by atoms with Crippen LogP contribution < -0.4 is 16.0 Å². The Morgan fingerprint density at radius 2 is 2.00 bits per heavy atom. The van der Waals surface area contributed by atoms with E-state index in [0.29, 0.717) is 12.1 Å². The molecule has 2 aromatic carbocycles. The number of anilines is 1. The highest BCUT2D eigenvalue weighted by Crippen LogP contribution is 2.58. The second-order valence-electron chi connectivity index (χ2n) is 9.98. The molecule has 0 aromatic heterocycles. The first-order valence-corrected chi connectivity index (χ1v) is 11.4. The van der Waals surface area contributed by atoms with Gasteiger partial charge in [-0.1, -0.05) is 48.9 Å². The van der Waals surface area contributed by atoms with Crippen LogP contribution in [0.4, 0.5) is 5.69 Å². The fourth-order valence-electron chi connectivity index (χ4n) is 6.17. The van der Waals surface area contributed by atoms with Gasteiger partial charge in [-0.05, 0) is 62.1 Å². The van der Waals surface area contributed by atoms with Crippen molar-refractivity contribution in [1.82, 2.24) is 10.6 Å². The molecule has 2 bridgehead atoms. The van der Waals surface area contributed by atoms with Gasteiger partial charge in [0.05, 0.1) is 5.56 Å². The van der Waals surface area contributed by atoms with Gasteiger partial charge >= 0.3 is 0 Å². The Morgan fingerprint density at radius 1 is 1.16 bits per heavy atom. The van der Waals surface area contributed by atoms with Crippen molar-refractivity contribution in [3.8, 4) is 0 Å². The van der Waals surface area contributed by atoms with Gasteiger partial charge in [0, 0.05) is 24.1 Å². The van der Waals surface area contributed by atoms with Crippen molar-refractivity contribution in [2.24, 2.45) is 17.3 Å². The number of carbonyl (C=O) groups is 2. The van der Waals surface area contributed by atoms with Crippen LogP contribution in [0.3, 0.4) is 0 Å². The Morgan fingerprint density at radius 3 is 2.81 bits per heavy atom. The summed E-state index contributed by atoms with van der Waals surface area (Å²) in [5.41, 5.74) is 3.52. The zero-order valence-corrected chi connectivity index (χ0v) is 18.3. The predicted molar refractivity (Wildman–Crippen MR) is 122 cm³/mol. The van der Waals surface area contributed by atoms with Crippen molar-refractivity contribution in [1.29, 1.82) is 0 Å². The number of hydrogen-bond acceptors (Lipinski definition) is 3. The molecule has 5 heteroatoms. The molecule has 3 unspecified atom stereocenters. The monoisotopic (exact) mass is 417 g/mol. The number of fused-ring (bicyclic) bond motifs is 3. The van der Waals surface area contributed by atoms with E-state index in [4.69, 9.17) is 0 Å². The summed E-state index contributed by atoms with van der Waals surface area (Å²) in [7, 11) is 0. The van der Waals surface area contributed by atoms with E-state index in [1.165, 1.54) is 11.1 Å². The van der Waals surface area contributed by atoms with Gasteiger partial charge in [-0.3, -0.25) is 9.59 Å². The lowest BCUT2D eigenvalue weighted by Crippen LogP contribution is -2.70. The molecule has 3 N–H and O–H groups in total. The standard InChI is InChI=1S/C26H31N3O2/c1-17-6-5-7-18(14-17)11-13-27-24(31)21-15-19-10-12-25(21,2)16-26(19)28-22-9-4-3-8-20(22)23(30)29-26/h3-9,14,19,21,28H,10-13,15-16H2,1-2H3,(H,27,31)(H,29,30)/t19?,21?,25?,26-/m0/s1. The minimum atomic E-state index is -0.448. The average molecular weight is 418 g/mol. The molecule has 4 aliphatic rings. The second-order valence-corrected chi connectivity index (χ2v) is 9.98. The van der Waals surface area contributed by atoms with Crippen LogP contribution in [-0.2, 0) is 11.2 Å². The van der Waals surface area contributed by atoms with E-state index in [1.807, 2.05) is 24.3 Å². The van der Waals surface area contributed by atoms with Crippen LogP contribution in [0.5, 0.6) is 0 Å². The molecule has 3 fully saturated rings. The Hall–Kier alpha value is -2.82. The molecular formula is C26H31N3O2. The second kappa shape index (κ2) is 7.40. The van der Waals surface area contributed by atoms with Crippen LogP contribution >= 0.6 is 0 Å². The molecule has 1 aliphatic heterocycles. The molecular weight excluding hydrogens is 386 g/mol. The van der Waals surface area contributed by atoms with Crippen LogP contribution in [0.2, 0.25) is 0 Å². The van der Waals surface area contributed by atoms with Crippen molar-refractivity contribution in [2.45, 2.75) is 51.6 Å². The quantitative estimate of drug-likeness (QED) is 0.703. The first kappa shape index (κ1) is 20.1. The molecule has 162 valence electrons. The van der Waals surface area contributed by atoms with Crippen LogP contribution in [0, 0.1) is 24.2 Å². The van der Waals surface area contributed by atoms with E-state index in [1.54, 1.807) is 0 Å². The van der Waals surface area contributed by atoms with Gasteiger partial charge in [0.15, 0.2) is 0 Å². The normalized spacial score (nSPS) is 31.0. The van der Waals surface area contributed by atoms with Crippen molar-refractivity contribution < 1.29 is 9.59 Å². The van der Waals surface area contributed by atoms with Crippen molar-refractivity contribution in [3.63, 3.8) is 0 Å². The Kier molecular flexibility index (Phi) is 4.80. The zero-order valence-electron chi connectivity index (χ0n) is 18.3. The molecule has 2 amide bonds. The number of carbonyl (C=O) groups excluding carboxylic acids is 2. The molecule has 31 heavy (non-hydrogen) atoms. The van der Waals surface area contributed by atoms with E-state index in [0.717, 1.165) is 37.8 Å². The van der Waals surface area contributed by atoms with Gasteiger partial charge in [0.25, 0.3) is 5.91 Å². The summed E-state index contributed by atoms with van der Waals surface area (Å²) >= 11 is 0. The topological polar surface area (TPSA) is 70.2 Å². The van der Waals surface area contributed by atoms with Crippen molar-refractivity contribution in [3.05, 3.63) is 65.2 Å². The minimum absolute atomic E-state index is 0.00902. The van der Waals surface area contributed by atoms with Gasteiger partial charge in [-0.15, -0.1) is 0 Å². The first-order chi connectivity index (χ1) is 14.9. The van der Waals surface area contributed by atoms with Crippen LogP contribution in [-0.4, -0.2) is 24.0 Å². The molecule has 6 rings (SSSR count). The lowest BCUT2D eigenvalue weighted by Gasteiger charge is -2.60. The largest absolute Gasteiger partial charge is 0.362 e. The summed E-state index contributed by atoms with van der Waals surface area (Å²) in [6.07, 6.45) is 4.48. The van der Waals surface area contributed by atoms with Crippen molar-refractivity contribution in [2.75, 3.05) is 11.9 Å². The Labute approximate surface area is 184 Å². The van der Waals surface area contributed by atoms with Crippen molar-refractivity contribution >= 4 is 17.5 Å². The van der Waals surface area contributed by atoms with Crippen LogP contribution in [0.1, 0.15) is 54.1 Å². The summed E-state index contributed by atoms with van der Waals surface area (Å²) in [6, 6.07) is 16.1. The van der Waals surface area contributed by atoms with Gasteiger partial charge in [-0.2, -0.15) is 0 Å². The van der Waals surface area contributed by atoms with Crippen LogP contribution in [0.25, 0.3) is 0 Å². The Balaban J connectivity index is 1.28. The van der Waals surface area contributed by atoms with Gasteiger partial charge in [-0.25, -0.2) is 0 Å². The molecule has 0 saturated heterocycles. The third kappa shape index (κ3) is 3.50. The minimum Gasteiger partial charge on any atom is -0.362 e. The molecule has 3 aliphatic carbocycles. The summed E-state index contributed by atoms with van der Waals surface area (Å²) in [5.74, 6) is 0.395. The highest BCUT2D eigenvalue weighted by Gasteiger charge is 2.60. The number of rotatable bonds is 4. The molecule has 5 nitrogen and oxygen atoms in total. The number of nitrogens with one attached hydrogen (secondary N) is 3. The fourth-order valence-corrected chi connectivity index (χ4v) is 6.17. The van der Waals surface area contributed by atoms with E-state index >= 15 is 0 Å². The van der Waals surface area contributed by atoms with E-state index < -0.39 is 5.66 Å². The third-order valence-corrected chi connectivity index (χ3v) is 7.78. The highest BCUT2D eigenvalue weighted by atomic mass is 16.2. The van der Waals surface area contributed by atoms with E-state index in [9.17, 15) is 9.59 Å². The number of hydrogen-bond donors (Lipinski definition) is 3. The SMILES string of the molecule is Cc1cccc(CCNC(=O)C2CC3CCC2(C)C[C@]32NC(=O)c3ccccc3N2)c1.